The van der Waals surface area contributed by atoms with Crippen LogP contribution in [0, 0.1) is 13.8 Å². The Hall–Kier alpha value is -1.06. The molecule has 0 aliphatic heterocycles. The summed E-state index contributed by atoms with van der Waals surface area (Å²) in [5.74, 6) is 0.970. The quantitative estimate of drug-likeness (QED) is 0.861. The standard InChI is InChI=1S/C18H29NO2/c1-6-21-18(9-7-8-10-18)17(19-4)16-14(3)11-13(2)12-15(16)20-5/h11-12,17,19H,6-10H2,1-5H3. The molecule has 0 aromatic heterocycles. The van der Waals surface area contributed by atoms with Gasteiger partial charge < -0.3 is 14.8 Å². The van der Waals surface area contributed by atoms with Gasteiger partial charge in [-0.1, -0.05) is 18.9 Å². The Morgan fingerprint density at radius 2 is 1.90 bits per heavy atom. The summed E-state index contributed by atoms with van der Waals surface area (Å²) in [5.41, 5.74) is 3.66. The Balaban J connectivity index is 2.50. The van der Waals surface area contributed by atoms with E-state index >= 15 is 0 Å². The predicted molar refractivity (Wildman–Crippen MR) is 87.1 cm³/mol. The molecule has 0 saturated heterocycles. The minimum atomic E-state index is -0.100. The number of aryl methyl sites for hydroxylation is 2. The van der Waals surface area contributed by atoms with Crippen LogP contribution < -0.4 is 10.1 Å². The van der Waals surface area contributed by atoms with Gasteiger partial charge in [-0.05, 0) is 57.9 Å². The number of hydrogen-bond acceptors (Lipinski definition) is 3. The fourth-order valence-corrected chi connectivity index (χ4v) is 3.93. The Morgan fingerprint density at radius 3 is 2.43 bits per heavy atom. The van der Waals surface area contributed by atoms with Gasteiger partial charge in [-0.2, -0.15) is 0 Å². The Kier molecular flexibility index (Phi) is 5.28. The maximum Gasteiger partial charge on any atom is 0.124 e. The molecule has 0 bridgehead atoms. The molecular formula is C18H29NO2. The lowest BCUT2D eigenvalue weighted by molar-refractivity contribution is -0.0615. The summed E-state index contributed by atoms with van der Waals surface area (Å²) in [6.07, 6.45) is 4.71. The molecule has 0 spiro atoms. The van der Waals surface area contributed by atoms with E-state index in [2.05, 4.69) is 38.2 Å². The molecule has 0 heterocycles. The molecule has 3 heteroatoms. The van der Waals surface area contributed by atoms with E-state index in [0.29, 0.717) is 0 Å². The predicted octanol–water partition coefficient (Wildman–Crippen LogP) is 3.92. The average molecular weight is 291 g/mol. The van der Waals surface area contributed by atoms with Crippen molar-refractivity contribution in [3.05, 3.63) is 28.8 Å². The molecule has 1 unspecified atom stereocenters. The average Bonchev–Trinajstić information content (AvgIpc) is 2.91. The number of nitrogens with one attached hydrogen (secondary N) is 1. The zero-order chi connectivity index (χ0) is 15.5. The zero-order valence-corrected chi connectivity index (χ0v) is 14.1. The Bertz CT molecular complexity index is 478. The van der Waals surface area contributed by atoms with Crippen molar-refractivity contribution in [1.29, 1.82) is 0 Å². The van der Waals surface area contributed by atoms with Gasteiger partial charge in [0.2, 0.25) is 0 Å². The smallest absolute Gasteiger partial charge is 0.124 e. The Labute approximate surface area is 129 Å². The lowest BCUT2D eigenvalue weighted by Crippen LogP contribution is -2.43. The molecule has 1 fully saturated rings. The van der Waals surface area contributed by atoms with Gasteiger partial charge in [0.25, 0.3) is 0 Å². The normalized spacial score (nSPS) is 18.7. The summed E-state index contributed by atoms with van der Waals surface area (Å²) < 4.78 is 11.9. The number of rotatable bonds is 6. The van der Waals surface area contributed by atoms with Gasteiger partial charge >= 0.3 is 0 Å². The molecule has 2 rings (SSSR count). The minimum Gasteiger partial charge on any atom is -0.496 e. The van der Waals surface area contributed by atoms with Crippen molar-refractivity contribution in [2.45, 2.75) is 58.1 Å². The summed E-state index contributed by atoms with van der Waals surface area (Å²) in [4.78, 5) is 0. The molecule has 118 valence electrons. The molecule has 1 saturated carbocycles. The second kappa shape index (κ2) is 6.80. The topological polar surface area (TPSA) is 30.5 Å². The van der Waals surface area contributed by atoms with Crippen molar-refractivity contribution in [3.63, 3.8) is 0 Å². The highest BCUT2D eigenvalue weighted by Crippen LogP contribution is 2.46. The molecule has 0 radical (unpaired) electrons. The van der Waals surface area contributed by atoms with Crippen LogP contribution in [0.5, 0.6) is 5.75 Å². The van der Waals surface area contributed by atoms with Gasteiger partial charge in [0.1, 0.15) is 5.75 Å². The van der Waals surface area contributed by atoms with Crippen LogP contribution in [-0.4, -0.2) is 26.4 Å². The van der Waals surface area contributed by atoms with E-state index in [1.807, 2.05) is 7.05 Å². The summed E-state index contributed by atoms with van der Waals surface area (Å²) in [6, 6.07) is 4.54. The summed E-state index contributed by atoms with van der Waals surface area (Å²) >= 11 is 0. The molecule has 1 aliphatic rings. The zero-order valence-electron chi connectivity index (χ0n) is 14.1. The second-order valence-corrected chi connectivity index (χ2v) is 6.12. The van der Waals surface area contributed by atoms with E-state index in [-0.39, 0.29) is 11.6 Å². The fourth-order valence-electron chi connectivity index (χ4n) is 3.93. The number of benzene rings is 1. The van der Waals surface area contributed by atoms with Gasteiger partial charge in [0, 0.05) is 12.2 Å². The molecular weight excluding hydrogens is 262 g/mol. The van der Waals surface area contributed by atoms with Gasteiger partial charge in [-0.25, -0.2) is 0 Å². The van der Waals surface area contributed by atoms with E-state index in [1.165, 1.54) is 29.5 Å². The number of ether oxygens (including phenoxy) is 2. The summed E-state index contributed by atoms with van der Waals surface area (Å²) in [5, 5.41) is 3.52. The van der Waals surface area contributed by atoms with Gasteiger partial charge in [-0.3, -0.25) is 0 Å². The van der Waals surface area contributed by atoms with Crippen LogP contribution in [0.2, 0.25) is 0 Å². The number of methoxy groups -OCH3 is 1. The lowest BCUT2D eigenvalue weighted by Gasteiger charge is -2.39. The maximum absolute atomic E-state index is 6.26. The molecule has 1 N–H and O–H groups in total. The fraction of sp³-hybridized carbons (Fsp3) is 0.667. The number of hydrogen-bond donors (Lipinski definition) is 1. The van der Waals surface area contributed by atoms with Crippen molar-refractivity contribution in [1.82, 2.24) is 5.32 Å². The van der Waals surface area contributed by atoms with E-state index < -0.39 is 0 Å². The van der Waals surface area contributed by atoms with Crippen molar-refractivity contribution in [2.24, 2.45) is 0 Å². The molecule has 3 nitrogen and oxygen atoms in total. The minimum absolute atomic E-state index is 0.100. The molecule has 1 atom stereocenters. The van der Waals surface area contributed by atoms with E-state index in [0.717, 1.165) is 25.2 Å². The van der Waals surface area contributed by atoms with Crippen LogP contribution in [0.1, 0.15) is 55.3 Å². The van der Waals surface area contributed by atoms with E-state index in [4.69, 9.17) is 9.47 Å². The Morgan fingerprint density at radius 1 is 1.24 bits per heavy atom. The first-order valence-electron chi connectivity index (χ1n) is 8.04. The van der Waals surface area contributed by atoms with Gasteiger partial charge in [0.05, 0.1) is 18.8 Å². The third kappa shape index (κ3) is 3.09. The highest BCUT2D eigenvalue weighted by molar-refractivity contribution is 5.46. The van der Waals surface area contributed by atoms with Gasteiger partial charge in [-0.15, -0.1) is 0 Å². The lowest BCUT2D eigenvalue weighted by atomic mass is 9.83. The van der Waals surface area contributed by atoms with Crippen LogP contribution in [0.15, 0.2) is 12.1 Å². The van der Waals surface area contributed by atoms with E-state index in [1.54, 1.807) is 7.11 Å². The molecule has 21 heavy (non-hydrogen) atoms. The van der Waals surface area contributed by atoms with E-state index in [9.17, 15) is 0 Å². The number of likely N-dealkylation sites (N-methyl/N-ethyl adjacent to an activating group) is 1. The molecule has 1 aromatic carbocycles. The van der Waals surface area contributed by atoms with Crippen LogP contribution in [0.25, 0.3) is 0 Å². The van der Waals surface area contributed by atoms with Crippen LogP contribution in [0.3, 0.4) is 0 Å². The molecule has 1 aromatic rings. The molecule has 1 aliphatic carbocycles. The van der Waals surface area contributed by atoms with Crippen LogP contribution >= 0.6 is 0 Å². The highest BCUT2D eigenvalue weighted by atomic mass is 16.5. The van der Waals surface area contributed by atoms with Crippen molar-refractivity contribution < 1.29 is 9.47 Å². The first-order valence-corrected chi connectivity index (χ1v) is 8.04. The summed E-state index contributed by atoms with van der Waals surface area (Å²) in [7, 11) is 3.79. The third-order valence-corrected chi connectivity index (χ3v) is 4.70. The summed E-state index contributed by atoms with van der Waals surface area (Å²) in [6.45, 7) is 7.13. The van der Waals surface area contributed by atoms with Crippen molar-refractivity contribution in [2.75, 3.05) is 20.8 Å². The largest absolute Gasteiger partial charge is 0.496 e. The second-order valence-electron chi connectivity index (χ2n) is 6.12. The maximum atomic E-state index is 6.26. The van der Waals surface area contributed by atoms with Crippen molar-refractivity contribution >= 4 is 0 Å². The highest BCUT2D eigenvalue weighted by Gasteiger charge is 2.43. The first kappa shape index (κ1) is 16.3. The van der Waals surface area contributed by atoms with Crippen LogP contribution in [0.4, 0.5) is 0 Å². The SMILES string of the molecule is CCOC1(C(NC)c2c(C)cc(C)cc2OC)CCCC1. The van der Waals surface area contributed by atoms with Crippen LogP contribution in [-0.2, 0) is 4.74 Å². The van der Waals surface area contributed by atoms with Crippen molar-refractivity contribution in [3.8, 4) is 5.75 Å². The third-order valence-electron chi connectivity index (χ3n) is 4.70. The first-order chi connectivity index (χ1) is 10.1. The molecule has 0 amide bonds. The van der Waals surface area contributed by atoms with Gasteiger partial charge in [0.15, 0.2) is 0 Å². The monoisotopic (exact) mass is 291 g/mol.